The molecule has 0 aromatic heterocycles. The molecule has 2 aromatic carbocycles. The molecule has 1 N–H and O–H groups in total. The fourth-order valence-electron chi connectivity index (χ4n) is 2.75. The highest BCUT2D eigenvalue weighted by Crippen LogP contribution is 2.36. The Morgan fingerprint density at radius 1 is 0.933 bits per heavy atom. The maximum absolute atomic E-state index is 13.0. The SMILES string of the molecule is O=S(=O)(Nc1ccc(Cl)c(C(F)(F)F)c1)c1ccc(S(=O)(=O)N2CCOCC2)cc1. The number of nitrogens with one attached hydrogen (secondary N) is 1. The largest absolute Gasteiger partial charge is 0.417 e. The molecule has 1 heterocycles. The third-order valence-corrected chi connectivity index (χ3v) is 7.91. The molecule has 0 spiro atoms. The molecule has 2 aromatic rings. The normalized spacial score (nSPS) is 16.4. The van der Waals surface area contributed by atoms with Gasteiger partial charge in [0, 0.05) is 18.8 Å². The zero-order valence-electron chi connectivity index (χ0n) is 15.2. The first-order valence-corrected chi connectivity index (χ1v) is 11.8. The van der Waals surface area contributed by atoms with Gasteiger partial charge in [-0.1, -0.05) is 11.6 Å². The molecule has 1 aliphatic heterocycles. The highest BCUT2D eigenvalue weighted by atomic mass is 35.5. The van der Waals surface area contributed by atoms with Crippen molar-refractivity contribution < 1.29 is 34.7 Å². The number of benzene rings is 2. The summed E-state index contributed by atoms with van der Waals surface area (Å²) in [4.78, 5) is -0.416. The predicted molar refractivity (Wildman–Crippen MR) is 103 cm³/mol. The molecule has 30 heavy (non-hydrogen) atoms. The predicted octanol–water partition coefficient (Wildman–Crippen LogP) is 3.18. The Morgan fingerprint density at radius 2 is 1.50 bits per heavy atom. The Morgan fingerprint density at radius 3 is 2.07 bits per heavy atom. The van der Waals surface area contributed by atoms with Gasteiger partial charge < -0.3 is 4.74 Å². The molecular weight excluding hydrogens is 469 g/mol. The van der Waals surface area contributed by atoms with E-state index in [4.69, 9.17) is 16.3 Å². The van der Waals surface area contributed by atoms with Gasteiger partial charge in [-0.3, -0.25) is 4.72 Å². The summed E-state index contributed by atoms with van der Waals surface area (Å²) in [5.41, 5.74) is -1.52. The van der Waals surface area contributed by atoms with Gasteiger partial charge in [-0.25, -0.2) is 16.8 Å². The molecule has 3 rings (SSSR count). The standard InChI is InChI=1S/C17H16ClF3N2O5S2/c18-16-6-1-12(11-15(16)17(19,20)21)22-29(24,25)13-2-4-14(5-3-13)30(26,27)23-7-9-28-10-8-23/h1-6,11,22H,7-10H2. The molecule has 0 unspecified atom stereocenters. The second-order valence-electron chi connectivity index (χ2n) is 6.29. The second-order valence-corrected chi connectivity index (χ2v) is 10.3. The third kappa shape index (κ3) is 4.89. The van der Waals surface area contributed by atoms with Crippen molar-refractivity contribution in [3.05, 3.63) is 53.1 Å². The van der Waals surface area contributed by atoms with Crippen LogP contribution in [0, 0.1) is 0 Å². The zero-order valence-corrected chi connectivity index (χ0v) is 17.6. The van der Waals surface area contributed by atoms with Crippen LogP contribution in [0.2, 0.25) is 5.02 Å². The van der Waals surface area contributed by atoms with E-state index in [1.54, 1.807) is 0 Å². The number of hydrogen-bond donors (Lipinski definition) is 1. The molecular formula is C17H16ClF3N2O5S2. The number of anilines is 1. The van der Waals surface area contributed by atoms with E-state index in [1.807, 2.05) is 4.72 Å². The van der Waals surface area contributed by atoms with Gasteiger partial charge in [0.25, 0.3) is 10.0 Å². The van der Waals surface area contributed by atoms with Crippen LogP contribution in [0.5, 0.6) is 0 Å². The summed E-state index contributed by atoms with van der Waals surface area (Å²) in [6, 6.07) is 6.99. The molecule has 0 bridgehead atoms. The number of alkyl halides is 3. The van der Waals surface area contributed by atoms with Gasteiger partial charge in [0.1, 0.15) is 0 Å². The van der Waals surface area contributed by atoms with E-state index in [2.05, 4.69) is 0 Å². The molecule has 0 aliphatic carbocycles. The molecule has 1 aliphatic rings. The van der Waals surface area contributed by atoms with E-state index in [9.17, 15) is 30.0 Å². The topological polar surface area (TPSA) is 92.8 Å². The molecule has 7 nitrogen and oxygen atoms in total. The quantitative estimate of drug-likeness (QED) is 0.703. The Hall–Kier alpha value is -1.86. The number of rotatable bonds is 5. The van der Waals surface area contributed by atoms with Crippen molar-refractivity contribution in [1.29, 1.82) is 0 Å². The lowest BCUT2D eigenvalue weighted by Crippen LogP contribution is -2.40. The molecule has 164 valence electrons. The number of sulfonamides is 2. The van der Waals surface area contributed by atoms with Crippen LogP contribution in [0.15, 0.2) is 52.3 Å². The average molecular weight is 485 g/mol. The number of hydrogen-bond acceptors (Lipinski definition) is 5. The Bertz CT molecular complexity index is 1130. The number of halogens is 4. The van der Waals surface area contributed by atoms with Crippen LogP contribution >= 0.6 is 11.6 Å². The lowest BCUT2D eigenvalue weighted by atomic mass is 10.2. The third-order valence-electron chi connectivity index (χ3n) is 4.27. The van der Waals surface area contributed by atoms with Gasteiger partial charge in [-0.2, -0.15) is 17.5 Å². The highest BCUT2D eigenvalue weighted by molar-refractivity contribution is 7.92. The van der Waals surface area contributed by atoms with Crippen molar-refractivity contribution >= 4 is 37.3 Å². The van der Waals surface area contributed by atoms with Crippen LogP contribution in [0.25, 0.3) is 0 Å². The minimum Gasteiger partial charge on any atom is -0.379 e. The minimum atomic E-state index is -4.76. The van der Waals surface area contributed by atoms with Crippen molar-refractivity contribution in [2.45, 2.75) is 16.0 Å². The van der Waals surface area contributed by atoms with Gasteiger partial charge in [0.15, 0.2) is 0 Å². The highest BCUT2D eigenvalue weighted by Gasteiger charge is 2.34. The van der Waals surface area contributed by atoms with Crippen LogP contribution in [0.3, 0.4) is 0 Å². The van der Waals surface area contributed by atoms with Crippen LogP contribution < -0.4 is 4.72 Å². The first-order valence-electron chi connectivity index (χ1n) is 8.49. The van der Waals surface area contributed by atoms with Gasteiger partial charge in [0.2, 0.25) is 10.0 Å². The summed E-state index contributed by atoms with van der Waals surface area (Å²) < 4.78 is 97.5. The van der Waals surface area contributed by atoms with Crippen molar-refractivity contribution in [3.63, 3.8) is 0 Å². The summed E-state index contributed by atoms with van der Waals surface area (Å²) in [6.45, 7) is 0.886. The Kier molecular flexibility index (Phi) is 6.35. The number of nitrogens with zero attached hydrogens (tertiary/aromatic N) is 1. The molecule has 0 saturated carbocycles. The van der Waals surface area contributed by atoms with Gasteiger partial charge in [0.05, 0.1) is 33.6 Å². The number of morpholine rings is 1. The fourth-order valence-corrected chi connectivity index (χ4v) is 5.43. The monoisotopic (exact) mass is 484 g/mol. The maximum Gasteiger partial charge on any atom is 0.417 e. The molecule has 1 fully saturated rings. The van der Waals surface area contributed by atoms with Crippen LogP contribution in [0.1, 0.15) is 5.56 Å². The summed E-state index contributed by atoms with van der Waals surface area (Å²) >= 11 is 5.53. The Labute approximate surface area is 176 Å². The molecule has 0 atom stereocenters. The molecule has 0 amide bonds. The summed E-state index contributed by atoms with van der Waals surface area (Å²) in [6.07, 6.45) is -4.76. The lowest BCUT2D eigenvalue weighted by Gasteiger charge is -2.26. The van der Waals surface area contributed by atoms with Crippen molar-refractivity contribution in [2.75, 3.05) is 31.0 Å². The van der Waals surface area contributed by atoms with E-state index >= 15 is 0 Å². The number of ether oxygens (including phenoxy) is 1. The van der Waals surface area contributed by atoms with E-state index in [0.29, 0.717) is 6.07 Å². The smallest absolute Gasteiger partial charge is 0.379 e. The van der Waals surface area contributed by atoms with Gasteiger partial charge >= 0.3 is 6.18 Å². The van der Waals surface area contributed by atoms with Gasteiger partial charge in [-0.15, -0.1) is 0 Å². The zero-order chi connectivity index (χ0) is 22.2. The lowest BCUT2D eigenvalue weighted by molar-refractivity contribution is -0.137. The molecule has 13 heteroatoms. The van der Waals surface area contributed by atoms with E-state index in [-0.39, 0.29) is 41.8 Å². The van der Waals surface area contributed by atoms with Crippen molar-refractivity contribution in [3.8, 4) is 0 Å². The first-order chi connectivity index (χ1) is 13.9. The molecule has 1 saturated heterocycles. The van der Waals surface area contributed by atoms with E-state index in [0.717, 1.165) is 36.4 Å². The van der Waals surface area contributed by atoms with Crippen LogP contribution in [0.4, 0.5) is 18.9 Å². The molecule has 0 radical (unpaired) electrons. The summed E-state index contributed by atoms with van der Waals surface area (Å²) in [5.74, 6) is 0. The summed E-state index contributed by atoms with van der Waals surface area (Å²) in [7, 11) is -8.08. The Balaban J connectivity index is 1.84. The van der Waals surface area contributed by atoms with Crippen LogP contribution in [-0.2, 0) is 31.0 Å². The first kappa shape index (κ1) is 22.8. The average Bonchev–Trinajstić information content (AvgIpc) is 2.69. The van der Waals surface area contributed by atoms with Crippen molar-refractivity contribution in [2.24, 2.45) is 0 Å². The maximum atomic E-state index is 13.0. The second kappa shape index (κ2) is 8.35. The van der Waals surface area contributed by atoms with Gasteiger partial charge in [-0.05, 0) is 42.5 Å². The van der Waals surface area contributed by atoms with Crippen LogP contribution in [-0.4, -0.2) is 47.4 Å². The minimum absolute atomic E-state index is 0.103. The van der Waals surface area contributed by atoms with E-state index < -0.39 is 36.8 Å². The van der Waals surface area contributed by atoms with Crippen molar-refractivity contribution in [1.82, 2.24) is 4.31 Å². The summed E-state index contributed by atoms with van der Waals surface area (Å²) in [5, 5.41) is -0.567. The fraction of sp³-hybridized carbons (Fsp3) is 0.294. The van der Waals surface area contributed by atoms with E-state index in [1.165, 1.54) is 4.31 Å².